The summed E-state index contributed by atoms with van der Waals surface area (Å²) in [5.41, 5.74) is 4.78. The van der Waals surface area contributed by atoms with Crippen LogP contribution in [0.1, 0.15) is 23.5 Å². The number of fused-ring (bicyclic) bond motifs is 3. The maximum atomic E-state index is 12.6. The molecule has 2 aromatic rings. The number of aliphatic carboxylic acids is 1. The van der Waals surface area contributed by atoms with Gasteiger partial charge < -0.3 is 57.4 Å². The predicted molar refractivity (Wildman–Crippen MR) is 187 cm³/mol. The van der Waals surface area contributed by atoms with E-state index in [-0.39, 0.29) is 25.0 Å². The van der Waals surface area contributed by atoms with Crippen molar-refractivity contribution in [3.05, 3.63) is 59.7 Å². The van der Waals surface area contributed by atoms with Crippen molar-refractivity contribution in [1.82, 2.24) is 4.90 Å². The Labute approximate surface area is 301 Å². The van der Waals surface area contributed by atoms with Crippen LogP contribution in [-0.2, 0) is 52.2 Å². The van der Waals surface area contributed by atoms with Crippen LogP contribution in [0.15, 0.2) is 48.5 Å². The summed E-state index contributed by atoms with van der Waals surface area (Å²) < 4.78 is 54.6. The summed E-state index contributed by atoms with van der Waals surface area (Å²) >= 11 is 0. The first-order valence-corrected chi connectivity index (χ1v) is 17.6. The first-order chi connectivity index (χ1) is 25.1. The summed E-state index contributed by atoms with van der Waals surface area (Å²) in [6.07, 6.45) is -0.376. The molecule has 51 heavy (non-hydrogen) atoms. The molecule has 0 heterocycles. The number of hydrogen-bond acceptors (Lipinski definition) is 12. The molecule has 1 N–H and O–H groups in total. The van der Waals surface area contributed by atoms with Gasteiger partial charge in [0.15, 0.2) is 0 Å². The molecule has 0 aliphatic heterocycles. The fourth-order valence-corrected chi connectivity index (χ4v) is 5.02. The molecular formula is C37H55NO13. The highest BCUT2D eigenvalue weighted by molar-refractivity contribution is 5.79. The Morgan fingerprint density at radius 1 is 0.529 bits per heavy atom. The highest BCUT2D eigenvalue weighted by Gasteiger charge is 2.29. The van der Waals surface area contributed by atoms with Gasteiger partial charge in [0.05, 0.1) is 125 Å². The SMILES string of the molecule is CN(CCOCCOCCOCCOCCOCCOCCOCCOCCOCCC(=O)O)C(=O)OCC1c2ccccc2-c2ccccc21. The Bertz CT molecular complexity index is 1170. The maximum absolute atomic E-state index is 12.6. The summed E-state index contributed by atoms with van der Waals surface area (Å²) in [5, 5.41) is 8.50. The van der Waals surface area contributed by atoms with Gasteiger partial charge in [-0.1, -0.05) is 48.5 Å². The van der Waals surface area contributed by atoms with Crippen molar-refractivity contribution in [2.45, 2.75) is 12.3 Å². The van der Waals surface area contributed by atoms with Gasteiger partial charge in [-0.3, -0.25) is 4.79 Å². The topological polar surface area (TPSA) is 150 Å². The third-order valence-corrected chi connectivity index (χ3v) is 7.66. The first-order valence-electron chi connectivity index (χ1n) is 17.6. The Balaban J connectivity index is 0.998. The second-order valence-electron chi connectivity index (χ2n) is 11.4. The number of hydrogen-bond donors (Lipinski definition) is 1. The number of carbonyl (C=O) groups is 2. The average molecular weight is 722 g/mol. The molecule has 0 fully saturated rings. The molecule has 3 rings (SSSR count). The molecule has 0 aromatic heterocycles. The number of nitrogens with zero attached hydrogens (tertiary/aromatic N) is 1. The summed E-state index contributed by atoms with van der Waals surface area (Å²) in [7, 11) is 1.71. The molecule has 1 aliphatic carbocycles. The molecule has 0 unspecified atom stereocenters. The van der Waals surface area contributed by atoms with E-state index in [0.29, 0.717) is 125 Å². The van der Waals surface area contributed by atoms with Gasteiger partial charge in [-0.05, 0) is 22.3 Å². The van der Waals surface area contributed by atoms with E-state index in [1.807, 2.05) is 24.3 Å². The van der Waals surface area contributed by atoms with E-state index in [9.17, 15) is 9.59 Å². The van der Waals surface area contributed by atoms with Crippen LogP contribution in [0.5, 0.6) is 0 Å². The van der Waals surface area contributed by atoms with Crippen LogP contribution in [0.4, 0.5) is 4.79 Å². The molecule has 14 nitrogen and oxygen atoms in total. The minimum atomic E-state index is -0.878. The first kappa shape index (κ1) is 42.2. The Morgan fingerprint density at radius 3 is 1.24 bits per heavy atom. The Kier molecular flexibility index (Phi) is 22.7. The number of likely N-dealkylation sites (N-methyl/N-ethyl adjacent to an activating group) is 1. The number of carboxylic acid groups (broad SMARTS) is 1. The lowest BCUT2D eigenvalue weighted by Gasteiger charge is -2.19. The van der Waals surface area contributed by atoms with Crippen molar-refractivity contribution in [2.24, 2.45) is 0 Å². The zero-order chi connectivity index (χ0) is 36.2. The lowest BCUT2D eigenvalue weighted by atomic mass is 9.98. The fourth-order valence-electron chi connectivity index (χ4n) is 5.02. The molecule has 0 spiro atoms. The van der Waals surface area contributed by atoms with Crippen molar-refractivity contribution in [1.29, 1.82) is 0 Å². The summed E-state index contributed by atoms with van der Waals surface area (Å²) in [4.78, 5) is 24.5. The maximum Gasteiger partial charge on any atom is 0.409 e. The van der Waals surface area contributed by atoms with Gasteiger partial charge in [0.2, 0.25) is 0 Å². The number of rotatable bonds is 32. The molecule has 0 saturated heterocycles. The van der Waals surface area contributed by atoms with Crippen LogP contribution in [0.3, 0.4) is 0 Å². The van der Waals surface area contributed by atoms with Gasteiger partial charge in [-0.15, -0.1) is 0 Å². The molecule has 0 atom stereocenters. The molecule has 0 bridgehead atoms. The van der Waals surface area contributed by atoms with Gasteiger partial charge in [0, 0.05) is 19.5 Å². The minimum Gasteiger partial charge on any atom is -0.481 e. The molecule has 14 heteroatoms. The Hall–Kier alpha value is -3.18. The summed E-state index contributed by atoms with van der Waals surface area (Å²) in [5.74, 6) is -0.843. The minimum absolute atomic E-state index is 0.00683. The predicted octanol–water partition coefficient (Wildman–Crippen LogP) is 3.49. The van der Waals surface area contributed by atoms with E-state index >= 15 is 0 Å². The number of ether oxygens (including phenoxy) is 10. The molecule has 1 amide bonds. The van der Waals surface area contributed by atoms with Crippen LogP contribution in [0.25, 0.3) is 11.1 Å². The van der Waals surface area contributed by atoms with Crippen LogP contribution >= 0.6 is 0 Å². The third-order valence-electron chi connectivity index (χ3n) is 7.66. The quantitative estimate of drug-likeness (QED) is 0.110. The van der Waals surface area contributed by atoms with Crippen LogP contribution in [-0.4, -0.2) is 161 Å². The van der Waals surface area contributed by atoms with Crippen LogP contribution in [0.2, 0.25) is 0 Å². The van der Waals surface area contributed by atoms with Crippen molar-refractivity contribution in [3.63, 3.8) is 0 Å². The van der Waals surface area contributed by atoms with Gasteiger partial charge >= 0.3 is 12.1 Å². The highest BCUT2D eigenvalue weighted by atomic mass is 16.6. The van der Waals surface area contributed by atoms with E-state index in [1.165, 1.54) is 27.2 Å². The number of carbonyl (C=O) groups excluding carboxylic acids is 1. The second kappa shape index (κ2) is 27.5. The molecule has 1 aliphatic rings. The number of amides is 1. The Morgan fingerprint density at radius 2 is 0.863 bits per heavy atom. The second-order valence-corrected chi connectivity index (χ2v) is 11.4. The third kappa shape index (κ3) is 18.2. The highest BCUT2D eigenvalue weighted by Crippen LogP contribution is 2.44. The number of carboxylic acids is 1. The van der Waals surface area contributed by atoms with Crippen molar-refractivity contribution in [3.8, 4) is 11.1 Å². The van der Waals surface area contributed by atoms with Gasteiger partial charge in [0.25, 0.3) is 0 Å². The molecular weight excluding hydrogens is 666 g/mol. The van der Waals surface area contributed by atoms with Crippen molar-refractivity contribution in [2.75, 3.05) is 139 Å². The van der Waals surface area contributed by atoms with Crippen LogP contribution in [0, 0.1) is 0 Å². The zero-order valence-electron chi connectivity index (χ0n) is 29.8. The molecule has 286 valence electrons. The van der Waals surface area contributed by atoms with Gasteiger partial charge in [0.1, 0.15) is 6.61 Å². The number of benzene rings is 2. The lowest BCUT2D eigenvalue weighted by molar-refractivity contribution is -0.138. The van der Waals surface area contributed by atoms with E-state index in [0.717, 1.165) is 0 Å². The van der Waals surface area contributed by atoms with E-state index < -0.39 is 5.97 Å². The monoisotopic (exact) mass is 721 g/mol. The van der Waals surface area contributed by atoms with Gasteiger partial charge in [-0.25, -0.2) is 4.79 Å². The van der Waals surface area contributed by atoms with Crippen LogP contribution < -0.4 is 0 Å². The van der Waals surface area contributed by atoms with E-state index in [4.69, 9.17) is 52.5 Å². The van der Waals surface area contributed by atoms with Crippen molar-refractivity contribution < 1.29 is 62.1 Å². The summed E-state index contributed by atoms with van der Waals surface area (Å²) in [6, 6.07) is 16.5. The fraction of sp³-hybridized carbons (Fsp3) is 0.622. The average Bonchev–Trinajstić information content (AvgIpc) is 3.46. The summed E-state index contributed by atoms with van der Waals surface area (Å²) in [6.45, 7) is 8.49. The molecule has 0 saturated carbocycles. The standard InChI is InChI=1S/C37H55NO13/c1-38(37(41)51-30-35-33-8-4-2-6-31(33)32-7-3-5-9-34(32)35)11-13-43-15-17-45-19-21-47-23-25-49-27-29-50-28-26-48-24-22-46-20-18-44-16-14-42-12-10-36(39)40/h2-9,35H,10-30H2,1H3,(H,39,40). The van der Waals surface area contributed by atoms with Crippen molar-refractivity contribution >= 4 is 12.1 Å². The van der Waals surface area contributed by atoms with E-state index in [1.54, 1.807) is 7.05 Å². The zero-order valence-corrected chi connectivity index (χ0v) is 29.8. The smallest absolute Gasteiger partial charge is 0.409 e. The van der Waals surface area contributed by atoms with Gasteiger partial charge in [-0.2, -0.15) is 0 Å². The molecule has 2 aromatic carbocycles. The largest absolute Gasteiger partial charge is 0.481 e. The lowest BCUT2D eigenvalue weighted by Crippen LogP contribution is -2.32. The van der Waals surface area contributed by atoms with E-state index in [2.05, 4.69) is 24.3 Å². The molecule has 0 radical (unpaired) electrons. The normalized spacial score (nSPS) is 12.2.